The molecule has 5 nitrogen and oxygen atoms in total. The van der Waals surface area contributed by atoms with E-state index in [-0.39, 0.29) is 0 Å². The van der Waals surface area contributed by atoms with Crippen molar-refractivity contribution in [3.05, 3.63) is 35.2 Å². The third kappa shape index (κ3) is 1.73. The van der Waals surface area contributed by atoms with Crippen molar-refractivity contribution in [2.24, 2.45) is 0 Å². The van der Waals surface area contributed by atoms with E-state index in [1.165, 1.54) is 11.1 Å². The Morgan fingerprint density at radius 3 is 3.06 bits per heavy atom. The van der Waals surface area contributed by atoms with Crippen LogP contribution in [0.4, 0.5) is 11.7 Å². The minimum absolute atomic E-state index is 0.580. The minimum atomic E-state index is 0.580. The normalized spacial score (nSPS) is 14.8. The highest BCUT2D eigenvalue weighted by atomic mass is 16.5. The minimum Gasteiger partial charge on any atom is -0.398 e. The Morgan fingerprint density at radius 1 is 1.41 bits per heavy atom. The molecule has 2 aromatic rings. The van der Waals surface area contributed by atoms with E-state index in [0.29, 0.717) is 11.8 Å². The van der Waals surface area contributed by atoms with Crippen molar-refractivity contribution in [1.29, 1.82) is 0 Å². The summed E-state index contributed by atoms with van der Waals surface area (Å²) in [6.45, 7) is 3.45. The van der Waals surface area contributed by atoms with Crippen LogP contribution in [0.2, 0.25) is 0 Å². The number of aromatic nitrogens is 2. The molecule has 0 atom stereocenters. The zero-order valence-electron chi connectivity index (χ0n) is 9.68. The van der Waals surface area contributed by atoms with Crippen LogP contribution in [0.5, 0.6) is 0 Å². The van der Waals surface area contributed by atoms with Gasteiger partial charge in [-0.1, -0.05) is 17.3 Å². The van der Waals surface area contributed by atoms with Gasteiger partial charge in [0.1, 0.15) is 0 Å². The Kier molecular flexibility index (Phi) is 2.24. The lowest BCUT2D eigenvalue weighted by atomic mass is 9.98. The molecular weight excluding hydrogens is 216 g/mol. The van der Waals surface area contributed by atoms with Gasteiger partial charge in [-0.25, -0.2) is 0 Å². The topological polar surface area (TPSA) is 68.2 Å². The van der Waals surface area contributed by atoms with Gasteiger partial charge in [0, 0.05) is 18.8 Å². The number of rotatable bonds is 1. The molecular formula is C12H14N4O. The van der Waals surface area contributed by atoms with Crippen LogP contribution in [0.3, 0.4) is 0 Å². The van der Waals surface area contributed by atoms with Crippen LogP contribution in [-0.4, -0.2) is 16.7 Å². The average molecular weight is 230 g/mol. The average Bonchev–Trinajstić information content (AvgIpc) is 2.76. The monoisotopic (exact) mass is 230 g/mol. The molecule has 1 aromatic heterocycles. The molecule has 1 aliphatic rings. The first kappa shape index (κ1) is 10.1. The predicted molar refractivity (Wildman–Crippen MR) is 64.6 cm³/mol. The van der Waals surface area contributed by atoms with Gasteiger partial charge < -0.3 is 15.2 Å². The summed E-state index contributed by atoms with van der Waals surface area (Å²) in [6.07, 6.45) is 0.960. The van der Waals surface area contributed by atoms with Crippen LogP contribution >= 0.6 is 0 Å². The van der Waals surface area contributed by atoms with E-state index in [1.807, 2.05) is 19.1 Å². The highest BCUT2D eigenvalue weighted by molar-refractivity contribution is 5.54. The van der Waals surface area contributed by atoms with Gasteiger partial charge in [-0.05, 0) is 30.5 Å². The van der Waals surface area contributed by atoms with Gasteiger partial charge >= 0.3 is 6.01 Å². The molecule has 1 aliphatic heterocycles. The van der Waals surface area contributed by atoms with Crippen molar-refractivity contribution in [2.45, 2.75) is 19.9 Å². The number of hydrogen-bond donors (Lipinski definition) is 1. The summed E-state index contributed by atoms with van der Waals surface area (Å²) in [7, 11) is 0. The second-order valence-electron chi connectivity index (χ2n) is 4.28. The van der Waals surface area contributed by atoms with E-state index in [2.05, 4.69) is 21.1 Å². The van der Waals surface area contributed by atoms with Gasteiger partial charge in [0.05, 0.1) is 0 Å². The third-order valence-corrected chi connectivity index (χ3v) is 3.10. The molecule has 5 heteroatoms. The largest absolute Gasteiger partial charge is 0.398 e. The van der Waals surface area contributed by atoms with E-state index in [0.717, 1.165) is 25.2 Å². The highest BCUT2D eigenvalue weighted by Gasteiger charge is 2.21. The number of benzene rings is 1. The maximum absolute atomic E-state index is 5.99. The highest BCUT2D eigenvalue weighted by Crippen LogP contribution is 2.26. The zero-order chi connectivity index (χ0) is 11.8. The van der Waals surface area contributed by atoms with Crippen molar-refractivity contribution in [2.75, 3.05) is 17.2 Å². The SMILES string of the molecule is Cc1noc(N2CCc3cccc(N)c3C2)n1. The standard InChI is InChI=1S/C12H14N4O/c1-8-14-12(17-15-8)16-6-5-9-3-2-4-11(13)10(9)7-16/h2-4H,5-7,13H2,1H3. The van der Waals surface area contributed by atoms with E-state index in [4.69, 9.17) is 10.3 Å². The Hall–Kier alpha value is -2.04. The van der Waals surface area contributed by atoms with Crippen molar-refractivity contribution < 1.29 is 4.52 Å². The Bertz CT molecular complexity index is 549. The first-order valence-electron chi connectivity index (χ1n) is 5.65. The Balaban J connectivity index is 1.92. The van der Waals surface area contributed by atoms with Gasteiger partial charge in [0.25, 0.3) is 0 Å². The molecule has 0 unspecified atom stereocenters. The number of nitrogen functional groups attached to an aromatic ring is 1. The van der Waals surface area contributed by atoms with Gasteiger partial charge in [-0.3, -0.25) is 0 Å². The number of nitrogens with two attached hydrogens (primary N) is 1. The molecule has 3 rings (SSSR count). The molecule has 0 aliphatic carbocycles. The molecule has 2 heterocycles. The molecule has 0 spiro atoms. The molecule has 88 valence electrons. The van der Waals surface area contributed by atoms with E-state index in [9.17, 15) is 0 Å². The summed E-state index contributed by atoms with van der Waals surface area (Å²) in [4.78, 5) is 6.31. The Labute approximate surface area is 99.2 Å². The number of fused-ring (bicyclic) bond motifs is 1. The summed E-state index contributed by atoms with van der Waals surface area (Å²) in [5.41, 5.74) is 9.32. The summed E-state index contributed by atoms with van der Waals surface area (Å²) >= 11 is 0. The summed E-state index contributed by atoms with van der Waals surface area (Å²) in [5.74, 6) is 0.659. The smallest absolute Gasteiger partial charge is 0.324 e. The van der Waals surface area contributed by atoms with Crippen molar-refractivity contribution >= 4 is 11.7 Å². The van der Waals surface area contributed by atoms with Crippen LogP contribution < -0.4 is 10.6 Å². The number of hydrogen-bond acceptors (Lipinski definition) is 5. The lowest BCUT2D eigenvalue weighted by molar-refractivity contribution is 0.405. The lowest BCUT2D eigenvalue weighted by Crippen LogP contribution is -2.31. The molecule has 0 fully saturated rings. The number of anilines is 2. The summed E-state index contributed by atoms with van der Waals surface area (Å²) in [5, 5.41) is 3.81. The summed E-state index contributed by atoms with van der Waals surface area (Å²) < 4.78 is 5.18. The molecule has 0 radical (unpaired) electrons. The van der Waals surface area contributed by atoms with Crippen LogP contribution in [0.25, 0.3) is 0 Å². The first-order chi connectivity index (χ1) is 8.24. The lowest BCUT2D eigenvalue weighted by Gasteiger charge is -2.27. The second-order valence-corrected chi connectivity index (χ2v) is 4.28. The fourth-order valence-electron chi connectivity index (χ4n) is 2.18. The number of nitrogens with zero attached hydrogens (tertiary/aromatic N) is 3. The van der Waals surface area contributed by atoms with E-state index < -0.39 is 0 Å². The van der Waals surface area contributed by atoms with E-state index >= 15 is 0 Å². The van der Waals surface area contributed by atoms with Crippen LogP contribution in [0, 0.1) is 6.92 Å². The molecule has 17 heavy (non-hydrogen) atoms. The molecule has 0 bridgehead atoms. The zero-order valence-corrected chi connectivity index (χ0v) is 9.68. The van der Waals surface area contributed by atoms with Gasteiger partial charge in [-0.15, -0.1) is 0 Å². The molecule has 0 amide bonds. The number of aryl methyl sites for hydroxylation is 1. The summed E-state index contributed by atoms with van der Waals surface area (Å²) in [6, 6.07) is 6.64. The molecule has 2 N–H and O–H groups in total. The van der Waals surface area contributed by atoms with Gasteiger partial charge in [0.15, 0.2) is 5.82 Å². The predicted octanol–water partition coefficient (Wildman–Crippen LogP) is 1.52. The molecule has 0 saturated carbocycles. The Morgan fingerprint density at radius 2 is 2.29 bits per heavy atom. The van der Waals surface area contributed by atoms with Crippen LogP contribution in [-0.2, 0) is 13.0 Å². The van der Waals surface area contributed by atoms with Crippen molar-refractivity contribution in [3.63, 3.8) is 0 Å². The van der Waals surface area contributed by atoms with Gasteiger partial charge in [0.2, 0.25) is 0 Å². The second kappa shape index (κ2) is 3.76. The van der Waals surface area contributed by atoms with Crippen LogP contribution in [0.15, 0.2) is 22.7 Å². The quantitative estimate of drug-likeness (QED) is 0.752. The van der Waals surface area contributed by atoms with Gasteiger partial charge in [-0.2, -0.15) is 4.98 Å². The fourth-order valence-corrected chi connectivity index (χ4v) is 2.18. The van der Waals surface area contributed by atoms with Crippen molar-refractivity contribution in [3.8, 4) is 0 Å². The first-order valence-corrected chi connectivity index (χ1v) is 5.65. The fraction of sp³-hybridized carbons (Fsp3) is 0.333. The molecule has 0 saturated heterocycles. The van der Waals surface area contributed by atoms with Crippen LogP contribution in [0.1, 0.15) is 17.0 Å². The third-order valence-electron chi connectivity index (χ3n) is 3.10. The van der Waals surface area contributed by atoms with E-state index in [1.54, 1.807) is 0 Å². The van der Waals surface area contributed by atoms with Crippen molar-refractivity contribution in [1.82, 2.24) is 10.1 Å². The maximum atomic E-state index is 5.99. The maximum Gasteiger partial charge on any atom is 0.324 e. The molecule has 1 aromatic carbocycles.